The number of aliphatic hydroxyl groups is 1. The molecule has 0 spiro atoms. The molecular weight excluding hydrogens is 296 g/mol. The van der Waals surface area contributed by atoms with E-state index in [-0.39, 0.29) is 12.1 Å². The summed E-state index contributed by atoms with van der Waals surface area (Å²) in [5.74, 6) is 0. The first-order valence-electron chi connectivity index (χ1n) is 6.01. The SMILES string of the molecule is O=c1c2ccsc2ncn1C[C@H](O)c1ccc(Cl)cc1. The third-order valence-electron chi connectivity index (χ3n) is 3.07. The predicted molar refractivity (Wildman–Crippen MR) is 80.3 cm³/mol. The minimum atomic E-state index is -0.775. The third kappa shape index (κ3) is 2.47. The van der Waals surface area contributed by atoms with E-state index in [2.05, 4.69) is 4.98 Å². The van der Waals surface area contributed by atoms with Crippen LogP contribution >= 0.6 is 22.9 Å². The Kier molecular flexibility index (Phi) is 3.56. The lowest BCUT2D eigenvalue weighted by molar-refractivity contribution is 0.155. The van der Waals surface area contributed by atoms with Crippen LogP contribution < -0.4 is 5.56 Å². The van der Waals surface area contributed by atoms with Crippen LogP contribution in [0.5, 0.6) is 0 Å². The van der Waals surface area contributed by atoms with Crippen LogP contribution in [0.2, 0.25) is 5.02 Å². The molecule has 102 valence electrons. The van der Waals surface area contributed by atoms with Gasteiger partial charge in [-0.05, 0) is 29.1 Å². The normalized spacial score (nSPS) is 12.7. The van der Waals surface area contributed by atoms with E-state index in [0.717, 1.165) is 0 Å². The van der Waals surface area contributed by atoms with E-state index in [1.54, 1.807) is 30.3 Å². The quantitative estimate of drug-likeness (QED) is 0.809. The van der Waals surface area contributed by atoms with Crippen molar-refractivity contribution in [3.63, 3.8) is 0 Å². The molecule has 4 nitrogen and oxygen atoms in total. The highest BCUT2D eigenvalue weighted by molar-refractivity contribution is 7.16. The summed E-state index contributed by atoms with van der Waals surface area (Å²) < 4.78 is 1.42. The van der Waals surface area contributed by atoms with Crippen molar-refractivity contribution in [3.8, 4) is 0 Å². The number of aromatic nitrogens is 2. The fourth-order valence-electron chi connectivity index (χ4n) is 2.00. The van der Waals surface area contributed by atoms with E-state index in [4.69, 9.17) is 11.6 Å². The van der Waals surface area contributed by atoms with E-state index < -0.39 is 6.10 Å². The number of hydrogen-bond acceptors (Lipinski definition) is 4. The first-order chi connectivity index (χ1) is 9.65. The molecule has 6 heteroatoms. The molecule has 0 bridgehead atoms. The zero-order chi connectivity index (χ0) is 14.1. The Hall–Kier alpha value is -1.69. The predicted octanol–water partition coefficient (Wildman–Crippen LogP) is 2.85. The molecule has 1 atom stereocenters. The second-order valence-corrected chi connectivity index (χ2v) is 5.74. The van der Waals surface area contributed by atoms with Crippen molar-refractivity contribution in [2.45, 2.75) is 12.6 Å². The van der Waals surface area contributed by atoms with Crippen molar-refractivity contribution in [3.05, 3.63) is 63.0 Å². The number of rotatable bonds is 3. The molecule has 2 aromatic heterocycles. The van der Waals surface area contributed by atoms with Crippen molar-refractivity contribution >= 4 is 33.2 Å². The Morgan fingerprint density at radius 3 is 2.80 bits per heavy atom. The van der Waals surface area contributed by atoms with Crippen molar-refractivity contribution in [2.75, 3.05) is 0 Å². The maximum Gasteiger partial charge on any atom is 0.262 e. The topological polar surface area (TPSA) is 55.1 Å². The fourth-order valence-corrected chi connectivity index (χ4v) is 2.85. The summed E-state index contributed by atoms with van der Waals surface area (Å²) in [6.07, 6.45) is 0.697. The average Bonchev–Trinajstić information content (AvgIpc) is 2.92. The van der Waals surface area contributed by atoms with Crippen LogP contribution in [-0.4, -0.2) is 14.7 Å². The Labute approximate surface area is 123 Å². The lowest BCUT2D eigenvalue weighted by Gasteiger charge is -2.12. The van der Waals surface area contributed by atoms with Gasteiger partial charge in [-0.1, -0.05) is 23.7 Å². The number of nitrogens with zero attached hydrogens (tertiary/aromatic N) is 2. The zero-order valence-electron chi connectivity index (χ0n) is 10.4. The summed E-state index contributed by atoms with van der Waals surface area (Å²) in [5, 5.41) is 13.2. The first-order valence-corrected chi connectivity index (χ1v) is 7.27. The van der Waals surface area contributed by atoms with Crippen molar-refractivity contribution in [2.24, 2.45) is 0 Å². The highest BCUT2D eigenvalue weighted by Gasteiger charge is 2.11. The number of fused-ring (bicyclic) bond motifs is 1. The van der Waals surface area contributed by atoms with Gasteiger partial charge in [0.05, 0.1) is 24.4 Å². The zero-order valence-corrected chi connectivity index (χ0v) is 11.9. The molecule has 2 heterocycles. The summed E-state index contributed by atoms with van der Waals surface area (Å²) >= 11 is 7.23. The van der Waals surface area contributed by atoms with Gasteiger partial charge in [0, 0.05) is 5.02 Å². The molecule has 0 fully saturated rings. The lowest BCUT2D eigenvalue weighted by atomic mass is 10.1. The van der Waals surface area contributed by atoms with Gasteiger partial charge in [-0.15, -0.1) is 11.3 Å². The monoisotopic (exact) mass is 306 g/mol. The molecule has 1 aromatic carbocycles. The average molecular weight is 307 g/mol. The van der Waals surface area contributed by atoms with Gasteiger partial charge >= 0.3 is 0 Å². The summed E-state index contributed by atoms with van der Waals surface area (Å²) in [5.41, 5.74) is 0.580. The van der Waals surface area contributed by atoms with Crippen molar-refractivity contribution in [1.29, 1.82) is 0 Å². The smallest absolute Gasteiger partial charge is 0.262 e. The van der Waals surface area contributed by atoms with Crippen LogP contribution in [0.15, 0.2) is 46.8 Å². The Bertz CT molecular complexity index is 795. The number of hydrogen-bond donors (Lipinski definition) is 1. The highest BCUT2D eigenvalue weighted by Crippen LogP contribution is 2.18. The van der Waals surface area contributed by atoms with Gasteiger partial charge in [-0.2, -0.15) is 0 Å². The maximum absolute atomic E-state index is 12.2. The molecule has 0 saturated heterocycles. The standard InChI is InChI=1S/C14H11ClN2O2S/c15-10-3-1-9(2-4-10)12(18)7-17-8-16-13-11(14(17)19)5-6-20-13/h1-6,8,12,18H,7H2/t12-/m0/s1. The summed E-state index contributed by atoms with van der Waals surface area (Å²) in [6.45, 7) is 0.166. The Balaban J connectivity index is 1.90. The fraction of sp³-hybridized carbons (Fsp3) is 0.143. The summed E-state index contributed by atoms with van der Waals surface area (Å²) in [6, 6.07) is 8.66. The van der Waals surface area contributed by atoms with Crippen LogP contribution in [-0.2, 0) is 6.54 Å². The molecular formula is C14H11ClN2O2S. The van der Waals surface area contributed by atoms with Crippen molar-refractivity contribution < 1.29 is 5.11 Å². The molecule has 20 heavy (non-hydrogen) atoms. The molecule has 1 N–H and O–H groups in total. The van der Waals surface area contributed by atoms with E-state index in [0.29, 0.717) is 20.8 Å². The second kappa shape index (κ2) is 5.36. The molecule has 0 unspecified atom stereocenters. The second-order valence-electron chi connectivity index (χ2n) is 4.41. The number of benzene rings is 1. The van der Waals surface area contributed by atoms with E-state index >= 15 is 0 Å². The molecule has 0 aliphatic heterocycles. The van der Waals surface area contributed by atoms with E-state index in [1.165, 1.54) is 22.2 Å². The Morgan fingerprint density at radius 1 is 1.30 bits per heavy atom. The Morgan fingerprint density at radius 2 is 2.05 bits per heavy atom. The number of halogens is 1. The molecule has 0 amide bonds. The third-order valence-corrected chi connectivity index (χ3v) is 4.15. The van der Waals surface area contributed by atoms with Gasteiger partial charge in [0.1, 0.15) is 4.83 Å². The number of aliphatic hydroxyl groups excluding tert-OH is 1. The van der Waals surface area contributed by atoms with Gasteiger partial charge in [-0.3, -0.25) is 9.36 Å². The molecule has 0 radical (unpaired) electrons. The summed E-state index contributed by atoms with van der Waals surface area (Å²) in [4.78, 5) is 17.1. The van der Waals surface area contributed by atoms with Gasteiger partial charge in [0.2, 0.25) is 0 Å². The van der Waals surface area contributed by atoms with Crippen LogP contribution in [0.3, 0.4) is 0 Å². The van der Waals surface area contributed by atoms with Crippen molar-refractivity contribution in [1.82, 2.24) is 9.55 Å². The van der Waals surface area contributed by atoms with Crippen LogP contribution in [0.1, 0.15) is 11.7 Å². The first kappa shape index (κ1) is 13.3. The molecule has 0 saturated carbocycles. The lowest BCUT2D eigenvalue weighted by Crippen LogP contribution is -2.23. The molecule has 0 aliphatic carbocycles. The highest BCUT2D eigenvalue weighted by atomic mass is 35.5. The minimum Gasteiger partial charge on any atom is -0.387 e. The molecule has 0 aliphatic rings. The van der Waals surface area contributed by atoms with Crippen LogP contribution in [0.25, 0.3) is 10.2 Å². The van der Waals surface area contributed by atoms with Gasteiger partial charge < -0.3 is 5.11 Å². The van der Waals surface area contributed by atoms with E-state index in [9.17, 15) is 9.90 Å². The molecule has 3 rings (SSSR count). The van der Waals surface area contributed by atoms with Gasteiger partial charge in [0.15, 0.2) is 0 Å². The number of thiophene rings is 1. The van der Waals surface area contributed by atoms with Crippen LogP contribution in [0.4, 0.5) is 0 Å². The maximum atomic E-state index is 12.2. The van der Waals surface area contributed by atoms with Gasteiger partial charge in [-0.25, -0.2) is 4.98 Å². The van der Waals surface area contributed by atoms with Crippen LogP contribution in [0, 0.1) is 0 Å². The molecule has 3 aromatic rings. The van der Waals surface area contributed by atoms with E-state index in [1.807, 2.05) is 5.38 Å². The largest absolute Gasteiger partial charge is 0.387 e. The summed E-state index contributed by atoms with van der Waals surface area (Å²) in [7, 11) is 0. The van der Waals surface area contributed by atoms with Gasteiger partial charge in [0.25, 0.3) is 5.56 Å². The minimum absolute atomic E-state index is 0.135.